The Morgan fingerprint density at radius 2 is 1.59 bits per heavy atom. The highest BCUT2D eigenvalue weighted by Crippen LogP contribution is 2.32. The molecule has 0 saturated carbocycles. The minimum atomic E-state index is -0.461. The normalized spacial score (nSPS) is 10.6. The number of hydrogen-bond donors (Lipinski definition) is 0. The summed E-state index contributed by atoms with van der Waals surface area (Å²) in [7, 11) is 0. The lowest BCUT2D eigenvalue weighted by Crippen LogP contribution is -2.12. The van der Waals surface area contributed by atoms with Crippen LogP contribution in [0.5, 0.6) is 0 Å². The van der Waals surface area contributed by atoms with Crippen LogP contribution in [0.15, 0.2) is 72.8 Å². The maximum atomic E-state index is 13.9. The highest BCUT2D eigenvalue weighted by Gasteiger charge is 2.18. The van der Waals surface area contributed by atoms with Gasteiger partial charge in [0.15, 0.2) is 17.8 Å². The zero-order chi connectivity index (χ0) is 18.8. The third-order valence-electron chi connectivity index (χ3n) is 4.05. The molecule has 1 heterocycles. The summed E-state index contributed by atoms with van der Waals surface area (Å²) in [5, 5.41) is 10.1. The fourth-order valence-corrected chi connectivity index (χ4v) is 2.82. The Labute approximate surface area is 154 Å². The number of rotatable bonds is 3. The van der Waals surface area contributed by atoms with E-state index in [4.69, 9.17) is 0 Å². The van der Waals surface area contributed by atoms with E-state index < -0.39 is 11.6 Å². The number of hydrogen-bond acceptors (Lipinski definition) is 4. The van der Waals surface area contributed by atoms with Gasteiger partial charge >= 0.3 is 0 Å². The predicted octanol–water partition coefficient (Wildman–Crippen LogP) is 5.19. The molecule has 0 radical (unpaired) electrons. The fourth-order valence-electron chi connectivity index (χ4n) is 2.82. The standard InChI is InChI=1S/C21H12F2N4/c22-15-6-4-5-14(11-15)20-25-19-10-9-16(23)12-18(19)21(26-20)27(13-24)17-7-2-1-3-8-17/h1-12H. The molecule has 130 valence electrons. The summed E-state index contributed by atoms with van der Waals surface area (Å²) in [6.45, 7) is 0. The summed E-state index contributed by atoms with van der Waals surface area (Å²) in [6.07, 6.45) is 2.08. The Kier molecular flexibility index (Phi) is 4.19. The van der Waals surface area contributed by atoms with Crippen molar-refractivity contribution >= 4 is 22.4 Å². The second-order valence-electron chi connectivity index (χ2n) is 5.81. The highest BCUT2D eigenvalue weighted by atomic mass is 19.1. The Balaban J connectivity index is 2.00. The van der Waals surface area contributed by atoms with Gasteiger partial charge in [0.05, 0.1) is 11.2 Å². The van der Waals surface area contributed by atoms with Crippen molar-refractivity contribution in [3.05, 3.63) is 84.4 Å². The SMILES string of the molecule is N#CN(c1ccccc1)c1nc(-c2cccc(F)c2)nc2ccc(F)cc12. The number of aromatic nitrogens is 2. The summed E-state index contributed by atoms with van der Waals surface area (Å²) in [4.78, 5) is 10.2. The molecule has 0 unspecified atom stereocenters. The van der Waals surface area contributed by atoms with Crippen LogP contribution in [-0.2, 0) is 0 Å². The van der Waals surface area contributed by atoms with E-state index in [1.165, 1.54) is 35.2 Å². The molecule has 0 aliphatic carbocycles. The molecule has 0 N–H and O–H groups in total. The molecule has 0 amide bonds. The molecule has 0 spiro atoms. The fraction of sp³-hybridized carbons (Fsp3) is 0. The molecule has 4 aromatic rings. The quantitative estimate of drug-likeness (QED) is 0.373. The monoisotopic (exact) mass is 358 g/mol. The largest absolute Gasteiger partial charge is 0.230 e. The van der Waals surface area contributed by atoms with Crippen LogP contribution in [-0.4, -0.2) is 9.97 Å². The first-order valence-electron chi connectivity index (χ1n) is 8.14. The molecule has 6 heteroatoms. The zero-order valence-corrected chi connectivity index (χ0v) is 14.0. The van der Waals surface area contributed by atoms with Gasteiger partial charge in [0.1, 0.15) is 11.6 Å². The van der Waals surface area contributed by atoms with Crippen molar-refractivity contribution in [1.29, 1.82) is 5.26 Å². The number of halogens is 2. The molecular weight excluding hydrogens is 346 g/mol. The number of fused-ring (bicyclic) bond motifs is 1. The van der Waals surface area contributed by atoms with Gasteiger partial charge in [-0.25, -0.2) is 23.6 Å². The predicted molar refractivity (Wildman–Crippen MR) is 99.1 cm³/mol. The van der Waals surface area contributed by atoms with Crippen molar-refractivity contribution in [2.45, 2.75) is 0 Å². The molecule has 0 atom stereocenters. The molecular formula is C21H12F2N4. The van der Waals surface area contributed by atoms with Crippen LogP contribution in [0, 0.1) is 23.1 Å². The van der Waals surface area contributed by atoms with Gasteiger partial charge in [-0.3, -0.25) is 0 Å². The van der Waals surface area contributed by atoms with E-state index in [0.29, 0.717) is 22.2 Å². The number of anilines is 2. The van der Waals surface area contributed by atoms with Crippen LogP contribution in [0.2, 0.25) is 0 Å². The summed E-state index contributed by atoms with van der Waals surface area (Å²) < 4.78 is 27.5. The molecule has 0 fully saturated rings. The number of nitriles is 1. The van der Waals surface area contributed by atoms with Crippen molar-refractivity contribution in [2.24, 2.45) is 0 Å². The van der Waals surface area contributed by atoms with E-state index in [1.54, 1.807) is 36.4 Å². The first-order chi connectivity index (χ1) is 13.2. The molecule has 3 aromatic carbocycles. The van der Waals surface area contributed by atoms with E-state index in [2.05, 4.69) is 16.2 Å². The van der Waals surface area contributed by atoms with Crippen LogP contribution in [0.3, 0.4) is 0 Å². The number of para-hydroxylation sites is 1. The molecule has 1 aromatic heterocycles. The maximum Gasteiger partial charge on any atom is 0.190 e. The van der Waals surface area contributed by atoms with Gasteiger partial charge in [-0.1, -0.05) is 30.3 Å². The average molecular weight is 358 g/mol. The highest BCUT2D eigenvalue weighted by molar-refractivity contribution is 5.94. The molecule has 0 aliphatic rings. The number of benzene rings is 3. The van der Waals surface area contributed by atoms with Crippen molar-refractivity contribution in [2.75, 3.05) is 4.90 Å². The van der Waals surface area contributed by atoms with Crippen molar-refractivity contribution in [3.8, 4) is 17.6 Å². The lowest BCUT2D eigenvalue weighted by atomic mass is 10.1. The van der Waals surface area contributed by atoms with Crippen molar-refractivity contribution in [3.63, 3.8) is 0 Å². The lowest BCUT2D eigenvalue weighted by molar-refractivity contribution is 0.628. The molecule has 4 nitrogen and oxygen atoms in total. The van der Waals surface area contributed by atoms with Crippen molar-refractivity contribution in [1.82, 2.24) is 9.97 Å². The zero-order valence-electron chi connectivity index (χ0n) is 14.0. The van der Waals surface area contributed by atoms with E-state index in [0.717, 1.165) is 0 Å². The van der Waals surface area contributed by atoms with E-state index in [-0.39, 0.29) is 11.6 Å². The Hall–Kier alpha value is -3.85. The Bertz CT molecular complexity index is 1170. The van der Waals surface area contributed by atoms with Crippen LogP contribution in [0.25, 0.3) is 22.3 Å². The summed E-state index contributed by atoms with van der Waals surface area (Å²) >= 11 is 0. The van der Waals surface area contributed by atoms with Crippen molar-refractivity contribution < 1.29 is 8.78 Å². The van der Waals surface area contributed by atoms with Gasteiger partial charge in [-0.05, 0) is 42.5 Å². The lowest BCUT2D eigenvalue weighted by Gasteiger charge is -2.17. The minimum Gasteiger partial charge on any atom is -0.230 e. The van der Waals surface area contributed by atoms with Gasteiger partial charge in [-0.15, -0.1) is 0 Å². The van der Waals surface area contributed by atoms with E-state index in [9.17, 15) is 14.0 Å². The molecule has 0 aliphatic heterocycles. The second kappa shape index (κ2) is 6.81. The Morgan fingerprint density at radius 3 is 2.33 bits per heavy atom. The Morgan fingerprint density at radius 1 is 0.815 bits per heavy atom. The van der Waals surface area contributed by atoms with Crippen LogP contribution >= 0.6 is 0 Å². The summed E-state index contributed by atoms with van der Waals surface area (Å²) in [5.74, 6) is -0.402. The average Bonchev–Trinajstić information content (AvgIpc) is 2.69. The van der Waals surface area contributed by atoms with Gasteiger partial charge in [0.2, 0.25) is 0 Å². The molecule has 0 bridgehead atoms. The minimum absolute atomic E-state index is 0.229. The maximum absolute atomic E-state index is 13.9. The topological polar surface area (TPSA) is 52.8 Å². The smallest absolute Gasteiger partial charge is 0.190 e. The van der Waals surface area contributed by atoms with Gasteiger partial charge < -0.3 is 0 Å². The van der Waals surface area contributed by atoms with Gasteiger partial charge in [0.25, 0.3) is 0 Å². The first-order valence-corrected chi connectivity index (χ1v) is 8.14. The summed E-state index contributed by atoms with van der Waals surface area (Å²) in [6, 6.07) is 18.9. The number of nitrogens with zero attached hydrogens (tertiary/aromatic N) is 4. The third kappa shape index (κ3) is 3.18. The van der Waals surface area contributed by atoms with Gasteiger partial charge in [-0.2, -0.15) is 5.26 Å². The summed E-state index contributed by atoms with van der Waals surface area (Å²) in [5.41, 5.74) is 1.50. The molecule has 27 heavy (non-hydrogen) atoms. The van der Waals surface area contributed by atoms with Crippen LogP contribution in [0.4, 0.5) is 20.3 Å². The third-order valence-corrected chi connectivity index (χ3v) is 4.05. The van der Waals surface area contributed by atoms with Gasteiger partial charge in [0, 0.05) is 10.9 Å². The van der Waals surface area contributed by atoms with E-state index in [1.807, 2.05) is 6.07 Å². The van der Waals surface area contributed by atoms with Crippen LogP contribution in [0.1, 0.15) is 0 Å². The second-order valence-corrected chi connectivity index (χ2v) is 5.81. The first kappa shape index (κ1) is 16.6. The molecule has 4 rings (SSSR count). The van der Waals surface area contributed by atoms with E-state index >= 15 is 0 Å². The molecule has 0 saturated heterocycles. The van der Waals surface area contributed by atoms with Crippen LogP contribution < -0.4 is 4.90 Å².